The van der Waals surface area contributed by atoms with Gasteiger partial charge in [-0.05, 0) is 62.6 Å². The van der Waals surface area contributed by atoms with Gasteiger partial charge in [-0.2, -0.15) is 0 Å². The van der Waals surface area contributed by atoms with Crippen molar-refractivity contribution < 1.29 is 4.79 Å². The van der Waals surface area contributed by atoms with Gasteiger partial charge < -0.3 is 10.6 Å². The molecule has 0 aliphatic rings. The first-order valence-corrected chi connectivity index (χ1v) is 11.2. The molecule has 1 unspecified atom stereocenters. The predicted octanol–water partition coefficient (Wildman–Crippen LogP) is 5.95. The summed E-state index contributed by atoms with van der Waals surface area (Å²) < 4.78 is 0. The van der Waals surface area contributed by atoms with E-state index in [1.54, 1.807) is 6.33 Å². The zero-order valence-electron chi connectivity index (χ0n) is 19.0. The number of anilines is 2. The lowest BCUT2D eigenvalue weighted by Crippen LogP contribution is -2.32. The Labute approximate surface area is 194 Å². The van der Waals surface area contributed by atoms with Gasteiger partial charge in [0.2, 0.25) is 0 Å². The van der Waals surface area contributed by atoms with E-state index in [1.165, 1.54) is 11.1 Å². The Hall–Kier alpha value is -3.99. The monoisotopic (exact) mass is 436 g/mol. The Kier molecular flexibility index (Phi) is 7.10. The van der Waals surface area contributed by atoms with Crippen molar-refractivity contribution in [1.29, 1.82) is 0 Å². The van der Waals surface area contributed by atoms with Crippen molar-refractivity contribution in [3.8, 4) is 11.3 Å². The molecular formula is C28H28N4O. The summed E-state index contributed by atoms with van der Waals surface area (Å²) in [4.78, 5) is 21.3. The van der Waals surface area contributed by atoms with Crippen LogP contribution in [-0.2, 0) is 6.42 Å². The maximum atomic E-state index is 12.6. The molecule has 166 valence electrons. The topological polar surface area (TPSA) is 66.9 Å². The molecule has 0 aliphatic carbocycles. The van der Waals surface area contributed by atoms with Crippen molar-refractivity contribution in [2.75, 3.05) is 5.32 Å². The number of amides is 1. The highest BCUT2D eigenvalue weighted by atomic mass is 16.1. The number of nitrogens with zero attached hydrogens (tertiary/aromatic N) is 2. The lowest BCUT2D eigenvalue weighted by molar-refractivity contribution is 0.0938. The summed E-state index contributed by atoms with van der Waals surface area (Å²) >= 11 is 0. The summed E-state index contributed by atoms with van der Waals surface area (Å²) in [6.45, 7) is 4.10. The highest BCUT2D eigenvalue weighted by molar-refractivity contribution is 5.94. The van der Waals surface area contributed by atoms with Crippen LogP contribution in [0.5, 0.6) is 0 Å². The molecule has 5 heteroatoms. The first kappa shape index (κ1) is 22.2. The highest BCUT2D eigenvalue weighted by Gasteiger charge is 2.10. The molecule has 33 heavy (non-hydrogen) atoms. The Bertz CT molecular complexity index is 1210. The minimum absolute atomic E-state index is 0.0640. The van der Waals surface area contributed by atoms with Gasteiger partial charge in [-0.1, -0.05) is 54.1 Å². The zero-order chi connectivity index (χ0) is 23.0. The van der Waals surface area contributed by atoms with Crippen LogP contribution in [0, 0.1) is 6.92 Å². The number of carbonyl (C=O) groups is 1. The summed E-state index contributed by atoms with van der Waals surface area (Å²) in [5.41, 5.74) is 5.87. The number of aromatic nitrogens is 2. The molecule has 0 fully saturated rings. The minimum atomic E-state index is -0.0640. The third-order valence-corrected chi connectivity index (χ3v) is 5.49. The van der Waals surface area contributed by atoms with Gasteiger partial charge in [-0.15, -0.1) is 0 Å². The Morgan fingerprint density at radius 3 is 2.45 bits per heavy atom. The van der Waals surface area contributed by atoms with E-state index in [4.69, 9.17) is 0 Å². The van der Waals surface area contributed by atoms with Crippen molar-refractivity contribution in [2.24, 2.45) is 0 Å². The van der Waals surface area contributed by atoms with E-state index in [0.29, 0.717) is 11.4 Å². The number of aryl methyl sites for hydroxylation is 2. The molecule has 0 saturated heterocycles. The van der Waals surface area contributed by atoms with Gasteiger partial charge in [0, 0.05) is 28.9 Å². The molecule has 2 N–H and O–H groups in total. The molecule has 5 nitrogen and oxygen atoms in total. The smallest absolute Gasteiger partial charge is 0.251 e. The van der Waals surface area contributed by atoms with Crippen LogP contribution in [0.2, 0.25) is 0 Å². The molecule has 0 saturated carbocycles. The van der Waals surface area contributed by atoms with E-state index < -0.39 is 0 Å². The number of rotatable bonds is 8. The lowest BCUT2D eigenvalue weighted by atomic mass is 10.1. The van der Waals surface area contributed by atoms with E-state index in [0.717, 1.165) is 29.8 Å². The van der Waals surface area contributed by atoms with Crippen molar-refractivity contribution >= 4 is 17.4 Å². The molecule has 1 heterocycles. The number of benzene rings is 3. The second-order valence-corrected chi connectivity index (χ2v) is 8.26. The SMILES string of the molecule is Cc1cccc(-c2cc(Nc3ccc(C(=O)NC(C)CCc4ccccc4)cc3)ncn2)c1. The van der Waals surface area contributed by atoms with Gasteiger partial charge in [-0.25, -0.2) is 9.97 Å². The van der Waals surface area contributed by atoms with Crippen LogP contribution in [0.1, 0.15) is 34.8 Å². The lowest BCUT2D eigenvalue weighted by Gasteiger charge is -2.14. The highest BCUT2D eigenvalue weighted by Crippen LogP contribution is 2.22. The normalized spacial score (nSPS) is 11.6. The maximum absolute atomic E-state index is 12.6. The van der Waals surface area contributed by atoms with Crippen molar-refractivity contribution in [3.63, 3.8) is 0 Å². The van der Waals surface area contributed by atoms with Gasteiger partial charge in [0.1, 0.15) is 12.1 Å². The molecule has 1 amide bonds. The van der Waals surface area contributed by atoms with Gasteiger partial charge in [0.15, 0.2) is 0 Å². The van der Waals surface area contributed by atoms with Crippen molar-refractivity contribution in [3.05, 3.63) is 108 Å². The van der Waals surface area contributed by atoms with Crippen LogP contribution >= 0.6 is 0 Å². The average molecular weight is 437 g/mol. The molecule has 3 aromatic carbocycles. The van der Waals surface area contributed by atoms with Gasteiger partial charge in [-0.3, -0.25) is 4.79 Å². The van der Waals surface area contributed by atoms with Crippen LogP contribution in [0.3, 0.4) is 0 Å². The first-order chi connectivity index (χ1) is 16.1. The van der Waals surface area contributed by atoms with Crippen LogP contribution in [0.4, 0.5) is 11.5 Å². The quantitative estimate of drug-likeness (QED) is 0.358. The van der Waals surface area contributed by atoms with E-state index >= 15 is 0 Å². The van der Waals surface area contributed by atoms with Crippen LogP contribution in [0.25, 0.3) is 11.3 Å². The van der Waals surface area contributed by atoms with Crippen LogP contribution in [-0.4, -0.2) is 21.9 Å². The summed E-state index contributed by atoms with van der Waals surface area (Å²) in [5, 5.41) is 6.38. The Balaban J connectivity index is 1.34. The fourth-order valence-electron chi connectivity index (χ4n) is 3.65. The standard InChI is InChI=1S/C28H28N4O/c1-20-7-6-10-24(17-20)26-18-27(30-19-29-26)32-25-15-13-23(14-16-25)28(33)31-21(2)11-12-22-8-4-3-5-9-22/h3-10,13-19,21H,11-12H2,1-2H3,(H,31,33)(H,29,30,32). The number of carbonyl (C=O) groups excluding carboxylic acids is 1. The molecule has 0 spiro atoms. The third kappa shape index (κ3) is 6.26. The van der Waals surface area contributed by atoms with E-state index in [9.17, 15) is 4.79 Å². The van der Waals surface area contributed by atoms with E-state index in [-0.39, 0.29) is 11.9 Å². The molecule has 0 aliphatic heterocycles. The number of nitrogens with one attached hydrogen (secondary N) is 2. The van der Waals surface area contributed by atoms with Crippen molar-refractivity contribution in [1.82, 2.24) is 15.3 Å². The number of hydrogen-bond acceptors (Lipinski definition) is 4. The molecule has 4 aromatic rings. The maximum Gasteiger partial charge on any atom is 0.251 e. The second kappa shape index (κ2) is 10.6. The summed E-state index contributed by atoms with van der Waals surface area (Å²) in [6.07, 6.45) is 3.39. The largest absolute Gasteiger partial charge is 0.350 e. The molecule has 4 rings (SSSR count). The van der Waals surface area contributed by atoms with Gasteiger partial charge in [0.05, 0.1) is 5.69 Å². The zero-order valence-corrected chi connectivity index (χ0v) is 19.0. The molecular weight excluding hydrogens is 408 g/mol. The van der Waals surface area contributed by atoms with E-state index in [2.05, 4.69) is 51.8 Å². The summed E-state index contributed by atoms with van der Waals surface area (Å²) in [7, 11) is 0. The predicted molar refractivity (Wildman–Crippen MR) is 134 cm³/mol. The molecule has 0 bridgehead atoms. The average Bonchev–Trinajstić information content (AvgIpc) is 2.84. The molecule has 1 atom stereocenters. The van der Waals surface area contributed by atoms with E-state index in [1.807, 2.05) is 67.6 Å². The fourth-order valence-corrected chi connectivity index (χ4v) is 3.65. The fraction of sp³-hybridized carbons (Fsp3) is 0.179. The Morgan fingerprint density at radius 1 is 0.909 bits per heavy atom. The number of hydrogen-bond donors (Lipinski definition) is 2. The van der Waals surface area contributed by atoms with Gasteiger partial charge >= 0.3 is 0 Å². The second-order valence-electron chi connectivity index (χ2n) is 8.26. The minimum Gasteiger partial charge on any atom is -0.350 e. The Morgan fingerprint density at radius 2 is 1.70 bits per heavy atom. The molecule has 0 radical (unpaired) electrons. The summed E-state index contributed by atoms with van der Waals surface area (Å²) in [6, 6.07) is 28.0. The summed E-state index contributed by atoms with van der Waals surface area (Å²) in [5.74, 6) is 0.638. The van der Waals surface area contributed by atoms with Crippen LogP contribution < -0.4 is 10.6 Å². The van der Waals surface area contributed by atoms with Crippen molar-refractivity contribution in [2.45, 2.75) is 32.7 Å². The van der Waals surface area contributed by atoms with Gasteiger partial charge in [0.25, 0.3) is 5.91 Å². The first-order valence-electron chi connectivity index (χ1n) is 11.2. The molecule has 1 aromatic heterocycles. The van der Waals surface area contributed by atoms with Crippen LogP contribution in [0.15, 0.2) is 91.3 Å². The third-order valence-electron chi connectivity index (χ3n) is 5.49.